The Morgan fingerprint density at radius 1 is 1.05 bits per heavy atom. The van der Waals surface area contributed by atoms with Crippen molar-refractivity contribution in [2.24, 2.45) is 0 Å². The molecule has 0 aliphatic heterocycles. The van der Waals surface area contributed by atoms with Gasteiger partial charge >= 0.3 is 0 Å². The third-order valence-electron chi connectivity index (χ3n) is 2.93. The van der Waals surface area contributed by atoms with Crippen LogP contribution >= 0.6 is 39.3 Å². The van der Waals surface area contributed by atoms with E-state index in [0.717, 1.165) is 9.37 Å². The van der Waals surface area contributed by atoms with E-state index in [4.69, 9.17) is 11.6 Å². The lowest BCUT2D eigenvalue weighted by molar-refractivity contribution is 0.791. The Kier molecular flexibility index (Phi) is 4.66. The van der Waals surface area contributed by atoms with Crippen LogP contribution in [-0.2, 0) is 0 Å². The van der Waals surface area contributed by atoms with Crippen LogP contribution in [0.4, 0.5) is 0 Å². The van der Waals surface area contributed by atoms with Gasteiger partial charge in [0, 0.05) is 9.37 Å². The first kappa shape index (κ1) is 15.3. The molecule has 0 saturated heterocycles. The second kappa shape index (κ2) is 6.69. The van der Waals surface area contributed by atoms with Gasteiger partial charge in [0.05, 0.1) is 16.8 Å². The third-order valence-corrected chi connectivity index (χ3v) is 4.97. The summed E-state index contributed by atoms with van der Waals surface area (Å²) in [5, 5.41) is 4.39. The van der Waals surface area contributed by atoms with Crippen LogP contribution in [0.3, 0.4) is 0 Å². The summed E-state index contributed by atoms with van der Waals surface area (Å²) in [6.07, 6.45) is 1.61. The maximum atomic E-state index is 12.4. The van der Waals surface area contributed by atoms with E-state index in [2.05, 4.69) is 21.0 Å². The largest absolute Gasteiger partial charge is 0.291 e. The number of halogens is 2. The molecule has 0 saturated carbocycles. The first-order chi connectivity index (χ1) is 10.6. The smallest absolute Gasteiger partial charge is 0.266 e. The molecule has 1 aromatic heterocycles. The van der Waals surface area contributed by atoms with E-state index >= 15 is 0 Å². The number of para-hydroxylation sites is 1. The molecular weight excluding hydrogens is 384 g/mol. The lowest BCUT2D eigenvalue weighted by atomic mass is 10.3. The van der Waals surface area contributed by atoms with E-state index in [9.17, 15) is 4.79 Å². The highest BCUT2D eigenvalue weighted by molar-refractivity contribution is 9.10. The molecule has 0 bridgehead atoms. The number of aromatic nitrogens is 2. The molecule has 0 fully saturated rings. The number of rotatable bonds is 3. The number of hydrogen-bond acceptors (Lipinski definition) is 3. The molecule has 1 heterocycles. The standard InChI is InChI=1S/C16H10BrClN2OS/c17-11-6-8-13(9-7-11)22-14-10-19-20(16(21)15(14)18)12-4-2-1-3-5-12/h1-10H. The predicted octanol–water partition coefficient (Wildman–Crippen LogP) is 4.80. The van der Waals surface area contributed by atoms with Gasteiger partial charge in [-0.05, 0) is 36.4 Å². The highest BCUT2D eigenvalue weighted by Gasteiger charge is 2.11. The topological polar surface area (TPSA) is 34.9 Å². The van der Waals surface area contributed by atoms with Crippen molar-refractivity contribution in [2.45, 2.75) is 9.79 Å². The summed E-state index contributed by atoms with van der Waals surface area (Å²) in [7, 11) is 0. The SMILES string of the molecule is O=c1c(Cl)c(Sc2ccc(Br)cc2)cnn1-c1ccccc1. The number of benzene rings is 2. The Labute approximate surface area is 145 Å². The molecule has 6 heteroatoms. The van der Waals surface area contributed by atoms with Gasteiger partial charge in [0.15, 0.2) is 0 Å². The second-order valence-corrected chi connectivity index (χ2v) is 6.84. The first-order valence-electron chi connectivity index (χ1n) is 6.42. The Hall–Kier alpha value is -1.56. The van der Waals surface area contributed by atoms with Crippen molar-refractivity contribution in [1.29, 1.82) is 0 Å². The van der Waals surface area contributed by atoms with Crippen LogP contribution in [0.2, 0.25) is 5.02 Å². The second-order valence-electron chi connectivity index (χ2n) is 4.43. The molecule has 110 valence electrons. The van der Waals surface area contributed by atoms with Crippen LogP contribution in [0.15, 0.2) is 79.9 Å². The molecule has 0 spiro atoms. The van der Waals surface area contributed by atoms with Crippen molar-refractivity contribution in [3.63, 3.8) is 0 Å². The van der Waals surface area contributed by atoms with Crippen molar-refractivity contribution in [3.05, 3.63) is 80.6 Å². The molecular formula is C16H10BrClN2OS. The summed E-state index contributed by atoms with van der Waals surface area (Å²) in [6.45, 7) is 0. The molecule has 0 aliphatic rings. The Balaban J connectivity index is 1.96. The van der Waals surface area contributed by atoms with Crippen LogP contribution in [0.1, 0.15) is 0 Å². The van der Waals surface area contributed by atoms with Gasteiger partial charge in [-0.2, -0.15) is 9.78 Å². The fourth-order valence-electron chi connectivity index (χ4n) is 1.87. The summed E-state index contributed by atoms with van der Waals surface area (Å²) in [5.41, 5.74) is 0.365. The van der Waals surface area contributed by atoms with Crippen LogP contribution in [0.5, 0.6) is 0 Å². The fraction of sp³-hybridized carbons (Fsp3) is 0. The van der Waals surface area contributed by atoms with Gasteiger partial charge < -0.3 is 0 Å². The van der Waals surface area contributed by atoms with E-state index < -0.39 is 0 Å². The average Bonchev–Trinajstić information content (AvgIpc) is 2.55. The molecule has 0 amide bonds. The highest BCUT2D eigenvalue weighted by atomic mass is 79.9. The summed E-state index contributed by atoms with van der Waals surface area (Å²) >= 11 is 11.0. The number of hydrogen-bond donors (Lipinski definition) is 0. The third kappa shape index (κ3) is 3.27. The van der Waals surface area contributed by atoms with Gasteiger partial charge in [-0.1, -0.05) is 57.5 Å². The molecule has 2 aromatic carbocycles. The Morgan fingerprint density at radius 3 is 2.41 bits per heavy atom. The summed E-state index contributed by atoms with van der Waals surface area (Å²) < 4.78 is 2.30. The van der Waals surface area contributed by atoms with Gasteiger partial charge in [0.1, 0.15) is 5.02 Å². The number of nitrogens with zero attached hydrogens (tertiary/aromatic N) is 2. The van der Waals surface area contributed by atoms with Gasteiger partial charge in [0.25, 0.3) is 5.56 Å². The average molecular weight is 394 g/mol. The van der Waals surface area contributed by atoms with Crippen LogP contribution in [0, 0.1) is 0 Å². The van der Waals surface area contributed by atoms with E-state index in [0.29, 0.717) is 10.6 Å². The van der Waals surface area contributed by atoms with Crippen LogP contribution < -0.4 is 5.56 Å². The van der Waals surface area contributed by atoms with Gasteiger partial charge in [-0.15, -0.1) is 0 Å². The Bertz CT molecular complexity index is 850. The zero-order valence-corrected chi connectivity index (χ0v) is 14.4. The molecule has 22 heavy (non-hydrogen) atoms. The van der Waals surface area contributed by atoms with Crippen molar-refractivity contribution in [3.8, 4) is 5.69 Å². The minimum absolute atomic E-state index is 0.173. The fourth-order valence-corrected chi connectivity index (χ4v) is 3.18. The van der Waals surface area contributed by atoms with Crippen molar-refractivity contribution < 1.29 is 0 Å². The zero-order valence-electron chi connectivity index (χ0n) is 11.2. The molecule has 0 atom stereocenters. The van der Waals surface area contributed by atoms with E-state index in [1.165, 1.54) is 16.4 Å². The minimum atomic E-state index is -0.324. The molecule has 0 unspecified atom stereocenters. The van der Waals surface area contributed by atoms with Crippen molar-refractivity contribution >= 4 is 39.3 Å². The van der Waals surface area contributed by atoms with E-state index in [1.54, 1.807) is 6.20 Å². The molecule has 0 N–H and O–H groups in total. The van der Waals surface area contributed by atoms with Crippen molar-refractivity contribution in [2.75, 3.05) is 0 Å². The first-order valence-corrected chi connectivity index (χ1v) is 8.40. The summed E-state index contributed by atoms with van der Waals surface area (Å²) in [6, 6.07) is 17.0. The quantitative estimate of drug-likeness (QED) is 0.641. The molecule has 0 aliphatic carbocycles. The van der Waals surface area contributed by atoms with Gasteiger partial charge in [0.2, 0.25) is 0 Å². The van der Waals surface area contributed by atoms with E-state index in [1.807, 2.05) is 54.6 Å². The molecule has 0 radical (unpaired) electrons. The normalized spacial score (nSPS) is 10.6. The lowest BCUT2D eigenvalue weighted by Gasteiger charge is -2.08. The zero-order chi connectivity index (χ0) is 15.5. The summed E-state index contributed by atoms with van der Waals surface area (Å²) in [4.78, 5) is 14.0. The molecule has 3 nitrogen and oxygen atoms in total. The van der Waals surface area contributed by atoms with Crippen molar-refractivity contribution in [1.82, 2.24) is 9.78 Å². The molecule has 3 aromatic rings. The highest BCUT2D eigenvalue weighted by Crippen LogP contribution is 2.31. The molecule has 3 rings (SSSR count). The van der Waals surface area contributed by atoms with Crippen LogP contribution in [-0.4, -0.2) is 9.78 Å². The Morgan fingerprint density at radius 2 is 1.73 bits per heavy atom. The lowest BCUT2D eigenvalue weighted by Crippen LogP contribution is -2.21. The summed E-state index contributed by atoms with van der Waals surface area (Å²) in [5.74, 6) is 0. The van der Waals surface area contributed by atoms with E-state index in [-0.39, 0.29) is 10.6 Å². The monoisotopic (exact) mass is 392 g/mol. The maximum absolute atomic E-state index is 12.4. The predicted molar refractivity (Wildman–Crippen MR) is 93.1 cm³/mol. The minimum Gasteiger partial charge on any atom is -0.266 e. The van der Waals surface area contributed by atoms with Crippen LogP contribution in [0.25, 0.3) is 5.69 Å². The maximum Gasteiger partial charge on any atom is 0.291 e. The van der Waals surface area contributed by atoms with Gasteiger partial charge in [-0.3, -0.25) is 4.79 Å². The van der Waals surface area contributed by atoms with Gasteiger partial charge in [-0.25, -0.2) is 0 Å².